The van der Waals surface area contributed by atoms with Crippen molar-refractivity contribution in [2.75, 3.05) is 19.8 Å². The lowest BCUT2D eigenvalue weighted by Gasteiger charge is -2.39. The molecule has 0 aromatic heterocycles. The van der Waals surface area contributed by atoms with Crippen LogP contribution in [0.1, 0.15) is 49.3 Å². The molecule has 0 radical (unpaired) electrons. The van der Waals surface area contributed by atoms with E-state index >= 15 is 0 Å². The van der Waals surface area contributed by atoms with Crippen molar-refractivity contribution < 1.29 is 22.7 Å². The number of likely N-dealkylation sites (tertiary alicyclic amines) is 1. The van der Waals surface area contributed by atoms with Crippen LogP contribution in [0.4, 0.5) is 13.2 Å². The van der Waals surface area contributed by atoms with Gasteiger partial charge in [-0.3, -0.25) is 4.79 Å². The number of piperidine rings is 1. The lowest BCUT2D eigenvalue weighted by atomic mass is 9.91. The predicted octanol–water partition coefficient (Wildman–Crippen LogP) is 4.19. The van der Waals surface area contributed by atoms with E-state index in [1.807, 2.05) is 4.90 Å². The Balaban J connectivity index is 1.77. The number of halogens is 3. The lowest BCUT2D eigenvalue weighted by Crippen LogP contribution is -2.43. The van der Waals surface area contributed by atoms with E-state index in [0.717, 1.165) is 49.8 Å². The third-order valence-electron chi connectivity index (χ3n) is 4.98. The van der Waals surface area contributed by atoms with Crippen LogP contribution in [-0.2, 0) is 15.7 Å². The second-order valence-corrected chi connectivity index (χ2v) is 6.55. The Kier molecular flexibility index (Phi) is 5.13. The number of carbonyl (C=O) groups is 1. The molecule has 2 aliphatic rings. The normalized spacial score (nSPS) is 23.3. The van der Waals surface area contributed by atoms with E-state index in [1.54, 1.807) is 0 Å². The first kappa shape index (κ1) is 17.3. The summed E-state index contributed by atoms with van der Waals surface area (Å²) >= 11 is 0. The largest absolute Gasteiger partial charge is 0.416 e. The van der Waals surface area contributed by atoms with Crippen molar-refractivity contribution >= 4 is 5.91 Å². The number of rotatable bonds is 2. The first-order valence-electron chi connectivity index (χ1n) is 8.52. The van der Waals surface area contributed by atoms with Crippen LogP contribution < -0.4 is 0 Å². The maximum atomic E-state index is 12.9. The molecule has 2 heterocycles. The quantitative estimate of drug-likeness (QED) is 0.807. The summed E-state index contributed by atoms with van der Waals surface area (Å²) in [5.41, 5.74) is 0.146. The average molecular weight is 341 g/mol. The van der Waals surface area contributed by atoms with Gasteiger partial charge in [0.05, 0.1) is 11.6 Å². The van der Waals surface area contributed by atoms with Gasteiger partial charge < -0.3 is 9.64 Å². The molecule has 1 aromatic carbocycles. The van der Waals surface area contributed by atoms with Crippen LogP contribution in [-0.4, -0.2) is 30.6 Å². The zero-order valence-electron chi connectivity index (χ0n) is 13.5. The van der Waals surface area contributed by atoms with Crippen LogP contribution in [0.2, 0.25) is 0 Å². The van der Waals surface area contributed by atoms with Gasteiger partial charge in [0.2, 0.25) is 5.91 Å². The summed E-state index contributed by atoms with van der Waals surface area (Å²) in [4.78, 5) is 14.7. The molecule has 24 heavy (non-hydrogen) atoms. The van der Waals surface area contributed by atoms with Crippen molar-refractivity contribution in [3.63, 3.8) is 0 Å². The molecular weight excluding hydrogens is 319 g/mol. The highest BCUT2D eigenvalue weighted by atomic mass is 19.4. The number of amides is 1. The third kappa shape index (κ3) is 3.74. The van der Waals surface area contributed by atoms with E-state index in [0.29, 0.717) is 19.8 Å². The Morgan fingerprint density at radius 1 is 1.04 bits per heavy atom. The highest BCUT2D eigenvalue weighted by Gasteiger charge is 2.34. The van der Waals surface area contributed by atoms with E-state index in [1.165, 1.54) is 12.1 Å². The van der Waals surface area contributed by atoms with Crippen molar-refractivity contribution in [1.82, 2.24) is 4.90 Å². The Morgan fingerprint density at radius 2 is 1.71 bits per heavy atom. The summed E-state index contributed by atoms with van der Waals surface area (Å²) in [6.07, 6.45) is -0.123. The average Bonchev–Trinajstić information content (AvgIpc) is 2.61. The van der Waals surface area contributed by atoms with Crippen molar-refractivity contribution in [1.29, 1.82) is 0 Å². The van der Waals surface area contributed by atoms with Gasteiger partial charge in [0.25, 0.3) is 0 Å². The smallest absolute Gasteiger partial charge is 0.381 e. The lowest BCUT2D eigenvalue weighted by molar-refractivity contribution is -0.142. The minimum Gasteiger partial charge on any atom is -0.381 e. The molecule has 1 unspecified atom stereocenters. The monoisotopic (exact) mass is 341 g/mol. The second-order valence-electron chi connectivity index (χ2n) is 6.55. The molecule has 6 heteroatoms. The topological polar surface area (TPSA) is 29.5 Å². The van der Waals surface area contributed by atoms with Gasteiger partial charge in [0.15, 0.2) is 0 Å². The molecule has 1 amide bonds. The van der Waals surface area contributed by atoms with Crippen LogP contribution >= 0.6 is 0 Å². The maximum absolute atomic E-state index is 12.9. The number of hydrogen-bond donors (Lipinski definition) is 0. The molecule has 1 atom stereocenters. The Bertz CT molecular complexity index is 565. The molecule has 1 aromatic rings. The maximum Gasteiger partial charge on any atom is 0.416 e. The van der Waals surface area contributed by atoms with Gasteiger partial charge in [0, 0.05) is 25.7 Å². The first-order chi connectivity index (χ1) is 11.5. The minimum absolute atomic E-state index is 0.0196. The van der Waals surface area contributed by atoms with E-state index in [9.17, 15) is 18.0 Å². The molecule has 2 aliphatic heterocycles. The SMILES string of the molecule is O=C(C1CCOCC1)N1CCCCC1c1ccc(C(F)(F)F)cc1. The van der Waals surface area contributed by atoms with E-state index in [-0.39, 0.29) is 17.9 Å². The summed E-state index contributed by atoms with van der Waals surface area (Å²) in [6, 6.07) is 5.14. The van der Waals surface area contributed by atoms with E-state index in [4.69, 9.17) is 4.74 Å². The number of carbonyl (C=O) groups excluding carboxylic acids is 1. The summed E-state index contributed by atoms with van der Waals surface area (Å²) in [6.45, 7) is 1.90. The Labute approximate surface area is 139 Å². The summed E-state index contributed by atoms with van der Waals surface area (Å²) in [5, 5.41) is 0. The molecule has 0 aliphatic carbocycles. The van der Waals surface area contributed by atoms with Crippen LogP contribution in [0.5, 0.6) is 0 Å². The number of alkyl halides is 3. The molecule has 2 saturated heterocycles. The zero-order chi connectivity index (χ0) is 17.2. The van der Waals surface area contributed by atoms with Crippen LogP contribution in [0.3, 0.4) is 0 Å². The van der Waals surface area contributed by atoms with E-state index in [2.05, 4.69) is 0 Å². The summed E-state index contributed by atoms with van der Waals surface area (Å²) in [5.74, 6) is 0.108. The van der Waals surface area contributed by atoms with Gasteiger partial charge in [-0.05, 0) is 49.8 Å². The predicted molar refractivity (Wildman–Crippen MR) is 83.3 cm³/mol. The van der Waals surface area contributed by atoms with Crippen LogP contribution in [0, 0.1) is 5.92 Å². The number of nitrogens with zero attached hydrogens (tertiary/aromatic N) is 1. The van der Waals surface area contributed by atoms with Crippen molar-refractivity contribution in [3.8, 4) is 0 Å². The van der Waals surface area contributed by atoms with Crippen LogP contribution in [0.15, 0.2) is 24.3 Å². The fourth-order valence-electron chi connectivity index (χ4n) is 3.62. The summed E-state index contributed by atoms with van der Waals surface area (Å²) in [7, 11) is 0. The molecular formula is C18H22F3NO2. The Morgan fingerprint density at radius 3 is 2.33 bits per heavy atom. The van der Waals surface area contributed by atoms with Gasteiger partial charge in [-0.2, -0.15) is 13.2 Å². The molecule has 0 bridgehead atoms. The van der Waals surface area contributed by atoms with Crippen molar-refractivity contribution in [2.45, 2.75) is 44.3 Å². The standard InChI is InChI=1S/C18H22F3NO2/c19-18(20,21)15-6-4-13(5-7-15)16-3-1-2-10-22(16)17(23)14-8-11-24-12-9-14/h4-7,14,16H,1-3,8-12H2. The van der Waals surface area contributed by atoms with Gasteiger partial charge in [0.1, 0.15) is 0 Å². The Hall–Kier alpha value is -1.56. The highest BCUT2D eigenvalue weighted by Crippen LogP contribution is 2.35. The molecule has 2 fully saturated rings. The van der Waals surface area contributed by atoms with E-state index < -0.39 is 11.7 Å². The minimum atomic E-state index is -4.33. The number of ether oxygens (including phenoxy) is 1. The first-order valence-corrected chi connectivity index (χ1v) is 8.52. The number of hydrogen-bond acceptors (Lipinski definition) is 2. The molecule has 0 saturated carbocycles. The van der Waals surface area contributed by atoms with Crippen LogP contribution in [0.25, 0.3) is 0 Å². The second kappa shape index (κ2) is 7.13. The van der Waals surface area contributed by atoms with Gasteiger partial charge in [-0.25, -0.2) is 0 Å². The molecule has 132 valence electrons. The molecule has 3 rings (SSSR count). The van der Waals surface area contributed by atoms with Gasteiger partial charge in [-0.15, -0.1) is 0 Å². The molecule has 0 N–H and O–H groups in total. The third-order valence-corrected chi connectivity index (χ3v) is 4.98. The number of benzene rings is 1. The summed E-state index contributed by atoms with van der Waals surface area (Å²) < 4.78 is 43.5. The van der Waals surface area contributed by atoms with Gasteiger partial charge >= 0.3 is 6.18 Å². The highest BCUT2D eigenvalue weighted by molar-refractivity contribution is 5.79. The van der Waals surface area contributed by atoms with Crippen molar-refractivity contribution in [3.05, 3.63) is 35.4 Å². The fraction of sp³-hybridized carbons (Fsp3) is 0.611. The van der Waals surface area contributed by atoms with Gasteiger partial charge in [-0.1, -0.05) is 12.1 Å². The van der Waals surface area contributed by atoms with Crippen molar-refractivity contribution in [2.24, 2.45) is 5.92 Å². The zero-order valence-corrected chi connectivity index (χ0v) is 13.5. The fourth-order valence-corrected chi connectivity index (χ4v) is 3.62. The molecule has 3 nitrogen and oxygen atoms in total. The molecule has 0 spiro atoms.